The Kier molecular flexibility index (Phi) is 5.58. The average molecular weight is 287 g/mol. The molecule has 116 valence electrons. The van der Waals surface area contributed by atoms with Gasteiger partial charge < -0.3 is 4.90 Å². The topological polar surface area (TPSA) is 20.3 Å². The zero-order valence-electron chi connectivity index (χ0n) is 13.9. The summed E-state index contributed by atoms with van der Waals surface area (Å²) in [6.45, 7) is 8.51. The van der Waals surface area contributed by atoms with E-state index in [4.69, 9.17) is 0 Å². The molecule has 1 aliphatic carbocycles. The van der Waals surface area contributed by atoms with Crippen molar-refractivity contribution < 1.29 is 4.79 Å². The molecule has 0 radical (unpaired) electrons. The second-order valence-electron chi connectivity index (χ2n) is 7.12. The van der Waals surface area contributed by atoms with Gasteiger partial charge in [-0.15, -0.1) is 0 Å². The highest BCUT2D eigenvalue weighted by molar-refractivity contribution is 5.82. The van der Waals surface area contributed by atoms with E-state index in [2.05, 4.69) is 57.0 Å². The molecule has 21 heavy (non-hydrogen) atoms. The molecular weight excluding hydrogens is 258 g/mol. The molecule has 2 heteroatoms. The molecule has 1 saturated carbocycles. The molecule has 0 bridgehead atoms. The summed E-state index contributed by atoms with van der Waals surface area (Å²) in [5, 5.41) is 0. The minimum atomic E-state index is 0.238. The number of carbonyl (C=O) groups is 1. The number of ketones is 1. The Morgan fingerprint density at radius 2 is 1.90 bits per heavy atom. The van der Waals surface area contributed by atoms with Gasteiger partial charge in [-0.1, -0.05) is 43.7 Å². The maximum absolute atomic E-state index is 12.2. The standard InChI is InChI=1S/C19H29NO/c1-14(2)17-9-10-19(21)18(11-17)13-20(4)12-16-7-5-15(3)6-8-16/h5-8,14,17-18H,9-13H2,1-4H3. The van der Waals surface area contributed by atoms with Crippen LogP contribution in [0, 0.1) is 24.7 Å². The third-order valence-electron chi connectivity index (χ3n) is 4.85. The van der Waals surface area contributed by atoms with E-state index in [1.165, 1.54) is 11.1 Å². The molecular formula is C19H29NO. The van der Waals surface area contributed by atoms with Gasteiger partial charge in [0.15, 0.2) is 0 Å². The van der Waals surface area contributed by atoms with Gasteiger partial charge in [0.1, 0.15) is 5.78 Å². The molecule has 0 aromatic heterocycles. The van der Waals surface area contributed by atoms with Crippen LogP contribution in [0.5, 0.6) is 0 Å². The summed E-state index contributed by atoms with van der Waals surface area (Å²) in [4.78, 5) is 14.5. The van der Waals surface area contributed by atoms with Crippen LogP contribution in [0.2, 0.25) is 0 Å². The predicted molar refractivity (Wildman–Crippen MR) is 88.2 cm³/mol. The number of rotatable bonds is 5. The number of Topliss-reactive ketones (excluding diaryl/α,β-unsaturated/α-hetero) is 1. The van der Waals surface area contributed by atoms with Crippen LogP contribution in [0.25, 0.3) is 0 Å². The fourth-order valence-electron chi connectivity index (χ4n) is 3.37. The highest BCUT2D eigenvalue weighted by Gasteiger charge is 2.30. The lowest BCUT2D eigenvalue weighted by molar-refractivity contribution is -0.126. The molecule has 0 aliphatic heterocycles. The van der Waals surface area contributed by atoms with Crippen molar-refractivity contribution in [2.24, 2.45) is 17.8 Å². The zero-order valence-corrected chi connectivity index (χ0v) is 13.9. The molecule has 1 aromatic carbocycles. The molecule has 0 heterocycles. The fraction of sp³-hybridized carbons (Fsp3) is 0.632. The van der Waals surface area contributed by atoms with Crippen molar-refractivity contribution in [2.75, 3.05) is 13.6 Å². The minimum Gasteiger partial charge on any atom is -0.301 e. The Hall–Kier alpha value is -1.15. The second-order valence-corrected chi connectivity index (χ2v) is 7.12. The van der Waals surface area contributed by atoms with Gasteiger partial charge in [0.05, 0.1) is 0 Å². The molecule has 2 atom stereocenters. The first kappa shape index (κ1) is 16.2. The minimum absolute atomic E-state index is 0.238. The van der Waals surface area contributed by atoms with E-state index in [1.807, 2.05) is 0 Å². The highest BCUT2D eigenvalue weighted by Crippen LogP contribution is 2.32. The lowest BCUT2D eigenvalue weighted by atomic mass is 9.75. The van der Waals surface area contributed by atoms with Crippen molar-refractivity contribution in [3.63, 3.8) is 0 Å². The number of aryl methyl sites for hydroxylation is 1. The molecule has 1 aromatic rings. The Bertz CT molecular complexity index is 463. The van der Waals surface area contributed by atoms with Gasteiger partial charge in [-0.05, 0) is 44.2 Å². The number of hydrogen-bond acceptors (Lipinski definition) is 2. The first-order chi connectivity index (χ1) is 9.95. The van der Waals surface area contributed by atoms with Crippen LogP contribution in [0.4, 0.5) is 0 Å². The van der Waals surface area contributed by atoms with Crippen molar-refractivity contribution in [1.29, 1.82) is 0 Å². The summed E-state index contributed by atoms with van der Waals surface area (Å²) >= 11 is 0. The average Bonchev–Trinajstić information content (AvgIpc) is 2.43. The number of benzene rings is 1. The van der Waals surface area contributed by atoms with Gasteiger partial charge >= 0.3 is 0 Å². The molecule has 0 spiro atoms. The third kappa shape index (κ3) is 4.67. The van der Waals surface area contributed by atoms with Crippen LogP contribution in [0.1, 0.15) is 44.2 Å². The van der Waals surface area contributed by atoms with Crippen molar-refractivity contribution >= 4 is 5.78 Å². The van der Waals surface area contributed by atoms with Gasteiger partial charge in [0.2, 0.25) is 0 Å². The van der Waals surface area contributed by atoms with Crippen LogP contribution in [0.15, 0.2) is 24.3 Å². The summed E-state index contributed by atoms with van der Waals surface area (Å²) in [5.41, 5.74) is 2.62. The van der Waals surface area contributed by atoms with E-state index in [9.17, 15) is 4.79 Å². The van der Waals surface area contributed by atoms with E-state index < -0.39 is 0 Å². The molecule has 1 aliphatic rings. The van der Waals surface area contributed by atoms with Crippen LogP contribution in [0.3, 0.4) is 0 Å². The fourth-order valence-corrected chi connectivity index (χ4v) is 3.37. The summed E-state index contributed by atoms with van der Waals surface area (Å²) in [7, 11) is 2.13. The Morgan fingerprint density at radius 1 is 1.24 bits per heavy atom. The lowest BCUT2D eigenvalue weighted by Crippen LogP contribution is -2.35. The zero-order chi connectivity index (χ0) is 15.4. The van der Waals surface area contributed by atoms with Gasteiger partial charge in [-0.3, -0.25) is 4.79 Å². The number of nitrogens with zero attached hydrogens (tertiary/aromatic N) is 1. The van der Waals surface area contributed by atoms with E-state index in [0.29, 0.717) is 11.7 Å². The largest absolute Gasteiger partial charge is 0.301 e. The SMILES string of the molecule is Cc1ccc(CN(C)CC2CC(C(C)C)CCC2=O)cc1. The quantitative estimate of drug-likeness (QED) is 0.813. The van der Waals surface area contributed by atoms with Crippen molar-refractivity contribution in [3.8, 4) is 0 Å². The monoisotopic (exact) mass is 287 g/mol. The summed E-state index contributed by atoms with van der Waals surface area (Å²) in [6.07, 6.45) is 2.95. The molecule has 0 saturated heterocycles. The molecule has 2 unspecified atom stereocenters. The normalized spacial score (nSPS) is 23.0. The Balaban J connectivity index is 1.90. The molecule has 2 rings (SSSR count). The predicted octanol–water partition coefficient (Wildman–Crippen LogP) is 4.07. The maximum Gasteiger partial charge on any atom is 0.137 e. The lowest BCUT2D eigenvalue weighted by Gasteiger charge is -2.33. The Labute approximate surface area is 129 Å². The van der Waals surface area contributed by atoms with Crippen LogP contribution < -0.4 is 0 Å². The van der Waals surface area contributed by atoms with Crippen LogP contribution in [-0.4, -0.2) is 24.3 Å². The molecule has 2 nitrogen and oxygen atoms in total. The van der Waals surface area contributed by atoms with E-state index in [0.717, 1.165) is 38.3 Å². The third-order valence-corrected chi connectivity index (χ3v) is 4.85. The van der Waals surface area contributed by atoms with E-state index in [-0.39, 0.29) is 5.92 Å². The van der Waals surface area contributed by atoms with Crippen molar-refractivity contribution in [3.05, 3.63) is 35.4 Å². The Morgan fingerprint density at radius 3 is 2.52 bits per heavy atom. The highest BCUT2D eigenvalue weighted by atomic mass is 16.1. The summed E-state index contributed by atoms with van der Waals surface area (Å²) in [6, 6.07) is 8.68. The summed E-state index contributed by atoms with van der Waals surface area (Å²) < 4.78 is 0. The molecule has 1 fully saturated rings. The van der Waals surface area contributed by atoms with Gasteiger partial charge in [0, 0.05) is 25.4 Å². The van der Waals surface area contributed by atoms with Gasteiger partial charge in [-0.2, -0.15) is 0 Å². The van der Waals surface area contributed by atoms with Crippen molar-refractivity contribution in [1.82, 2.24) is 4.90 Å². The van der Waals surface area contributed by atoms with E-state index in [1.54, 1.807) is 0 Å². The smallest absolute Gasteiger partial charge is 0.137 e. The molecule has 0 amide bonds. The van der Waals surface area contributed by atoms with Crippen molar-refractivity contribution in [2.45, 2.75) is 46.6 Å². The number of carbonyl (C=O) groups excluding carboxylic acids is 1. The van der Waals surface area contributed by atoms with Crippen LogP contribution in [-0.2, 0) is 11.3 Å². The molecule has 0 N–H and O–H groups in total. The maximum atomic E-state index is 12.2. The van der Waals surface area contributed by atoms with Gasteiger partial charge in [0.25, 0.3) is 0 Å². The number of hydrogen-bond donors (Lipinski definition) is 0. The second kappa shape index (κ2) is 7.22. The summed E-state index contributed by atoms with van der Waals surface area (Å²) in [5.74, 6) is 2.13. The van der Waals surface area contributed by atoms with Gasteiger partial charge in [-0.25, -0.2) is 0 Å². The van der Waals surface area contributed by atoms with E-state index >= 15 is 0 Å². The first-order valence-corrected chi connectivity index (χ1v) is 8.22. The first-order valence-electron chi connectivity index (χ1n) is 8.22. The van der Waals surface area contributed by atoms with Crippen LogP contribution >= 0.6 is 0 Å².